The number of carbonyl (C=O) groups excluding carboxylic acids is 2. The van der Waals surface area contributed by atoms with Crippen LogP contribution < -0.4 is 17.0 Å². The molecular weight excluding hydrogens is 382 g/mol. The minimum absolute atomic E-state index is 0.0303. The molecule has 11 nitrogen and oxygen atoms in total. The van der Waals surface area contributed by atoms with Crippen LogP contribution in [0.3, 0.4) is 0 Å². The second-order valence-corrected chi connectivity index (χ2v) is 6.17. The van der Waals surface area contributed by atoms with Crippen LogP contribution in [0.4, 0.5) is 0 Å². The first kappa shape index (κ1) is 20.0. The molecular formula is C18H19N5O6. The predicted molar refractivity (Wildman–Crippen MR) is 101 cm³/mol. The van der Waals surface area contributed by atoms with Gasteiger partial charge in [-0.05, 0) is 5.56 Å². The van der Waals surface area contributed by atoms with Gasteiger partial charge in [0.2, 0.25) is 0 Å². The van der Waals surface area contributed by atoms with E-state index in [1.807, 2.05) is 6.07 Å². The fourth-order valence-electron chi connectivity index (χ4n) is 2.73. The quantitative estimate of drug-likeness (QED) is 0.528. The highest BCUT2D eigenvalue weighted by Gasteiger charge is 2.30. The lowest BCUT2D eigenvalue weighted by Crippen LogP contribution is -2.38. The summed E-state index contributed by atoms with van der Waals surface area (Å²) in [5.41, 5.74) is 4.65. The molecule has 2 N–H and O–H groups in total. The molecule has 152 valence electrons. The maximum absolute atomic E-state index is 12.7. The summed E-state index contributed by atoms with van der Waals surface area (Å²) in [4.78, 5) is 53.2. The Morgan fingerprint density at radius 1 is 1.14 bits per heavy atom. The number of imidazole rings is 1. The van der Waals surface area contributed by atoms with Gasteiger partial charge in [-0.15, -0.1) is 0 Å². The van der Waals surface area contributed by atoms with Crippen LogP contribution in [0.5, 0.6) is 0 Å². The number of nitrogens with zero attached hydrogens (tertiary/aromatic N) is 4. The number of aromatic nitrogens is 4. The fourth-order valence-corrected chi connectivity index (χ4v) is 2.73. The molecule has 29 heavy (non-hydrogen) atoms. The molecule has 2 aromatic heterocycles. The van der Waals surface area contributed by atoms with Crippen LogP contribution in [-0.2, 0) is 39.8 Å². The summed E-state index contributed by atoms with van der Waals surface area (Å²) < 4.78 is 13.4. The Balaban J connectivity index is 2.03. The van der Waals surface area contributed by atoms with E-state index >= 15 is 0 Å². The van der Waals surface area contributed by atoms with Crippen molar-refractivity contribution in [1.82, 2.24) is 18.7 Å². The molecule has 0 saturated heterocycles. The first-order valence-electron chi connectivity index (χ1n) is 8.57. The fraction of sp³-hybridized carbons (Fsp3) is 0.278. The Morgan fingerprint density at radius 2 is 1.83 bits per heavy atom. The lowest BCUT2D eigenvalue weighted by Gasteiger charge is -2.18. The van der Waals surface area contributed by atoms with Gasteiger partial charge in [0.15, 0.2) is 11.2 Å². The Kier molecular flexibility index (Phi) is 5.59. The van der Waals surface area contributed by atoms with Crippen molar-refractivity contribution >= 4 is 23.1 Å². The Morgan fingerprint density at radius 3 is 2.48 bits per heavy atom. The molecule has 3 rings (SSSR count). The topological polar surface area (TPSA) is 140 Å². The molecule has 1 atom stereocenters. The highest BCUT2D eigenvalue weighted by atomic mass is 16.6. The summed E-state index contributed by atoms with van der Waals surface area (Å²) in [6.45, 7) is -0.551. The highest BCUT2D eigenvalue weighted by molar-refractivity contribution is 5.81. The number of ether oxygens (including phenoxy) is 2. The molecule has 1 unspecified atom stereocenters. The van der Waals surface area contributed by atoms with Gasteiger partial charge in [0.05, 0.1) is 6.54 Å². The van der Waals surface area contributed by atoms with E-state index in [4.69, 9.17) is 15.2 Å². The Bertz CT molecular complexity index is 1180. The van der Waals surface area contributed by atoms with Gasteiger partial charge in [-0.3, -0.25) is 23.3 Å². The number of fused-ring (bicyclic) bond motifs is 1. The number of esters is 2. The third-order valence-corrected chi connectivity index (χ3v) is 4.26. The van der Waals surface area contributed by atoms with Gasteiger partial charge in [0, 0.05) is 14.1 Å². The van der Waals surface area contributed by atoms with E-state index in [0.29, 0.717) is 0 Å². The minimum Gasteiger partial charge on any atom is -0.457 e. The van der Waals surface area contributed by atoms with Crippen molar-refractivity contribution in [2.24, 2.45) is 19.8 Å². The van der Waals surface area contributed by atoms with E-state index in [2.05, 4.69) is 4.98 Å². The number of rotatable bonds is 6. The van der Waals surface area contributed by atoms with Gasteiger partial charge in [-0.1, -0.05) is 30.3 Å². The van der Waals surface area contributed by atoms with Crippen molar-refractivity contribution in [3.63, 3.8) is 0 Å². The molecule has 1 aromatic carbocycles. The van der Waals surface area contributed by atoms with Crippen molar-refractivity contribution < 1.29 is 19.1 Å². The zero-order chi connectivity index (χ0) is 21.1. The summed E-state index contributed by atoms with van der Waals surface area (Å²) in [7, 11) is 2.71. The average Bonchev–Trinajstić information content (AvgIpc) is 3.18. The average molecular weight is 401 g/mol. The van der Waals surface area contributed by atoms with E-state index in [9.17, 15) is 19.2 Å². The van der Waals surface area contributed by atoms with Gasteiger partial charge >= 0.3 is 17.6 Å². The standard InChI is InChI=1S/C18H19N5O6/c1-21-14-13(15(25)22(2)18(21)27)23(10-20-14)16(29-12(24)8-19)17(26)28-9-11-6-4-3-5-7-11/h3-7,10,16H,8-9,19H2,1-2H3. The first-order chi connectivity index (χ1) is 13.8. The summed E-state index contributed by atoms with van der Waals surface area (Å²) in [6.07, 6.45) is -0.506. The first-order valence-corrected chi connectivity index (χ1v) is 8.57. The van der Waals surface area contributed by atoms with Crippen LogP contribution in [-0.4, -0.2) is 37.2 Å². The lowest BCUT2D eigenvalue weighted by molar-refractivity contribution is -0.174. The number of nitrogens with two attached hydrogens (primary N) is 1. The summed E-state index contributed by atoms with van der Waals surface area (Å²) in [5.74, 6) is -1.80. The molecule has 3 aromatic rings. The third-order valence-electron chi connectivity index (χ3n) is 4.26. The SMILES string of the molecule is Cn1c(=O)c2c(ncn2C(OC(=O)CN)C(=O)OCc2ccccc2)n(C)c1=O. The van der Waals surface area contributed by atoms with Crippen LogP contribution in [0.15, 0.2) is 46.2 Å². The number of hydrogen-bond donors (Lipinski definition) is 1. The van der Waals surface area contributed by atoms with Gasteiger partial charge in [0.25, 0.3) is 11.8 Å². The van der Waals surface area contributed by atoms with Gasteiger partial charge in [0.1, 0.15) is 12.9 Å². The molecule has 0 aliphatic carbocycles. The zero-order valence-corrected chi connectivity index (χ0v) is 15.8. The van der Waals surface area contributed by atoms with Crippen LogP contribution >= 0.6 is 0 Å². The summed E-state index contributed by atoms with van der Waals surface area (Å²) in [5, 5.41) is 0. The third kappa shape index (κ3) is 3.80. The zero-order valence-electron chi connectivity index (χ0n) is 15.8. The van der Waals surface area contributed by atoms with Crippen LogP contribution in [0.2, 0.25) is 0 Å². The van der Waals surface area contributed by atoms with E-state index in [1.165, 1.54) is 14.1 Å². The van der Waals surface area contributed by atoms with Gasteiger partial charge in [-0.25, -0.2) is 14.6 Å². The van der Waals surface area contributed by atoms with E-state index in [-0.39, 0.29) is 17.8 Å². The molecule has 2 heterocycles. The number of hydrogen-bond acceptors (Lipinski definition) is 8. The molecule has 0 aliphatic heterocycles. The van der Waals surface area contributed by atoms with Crippen molar-refractivity contribution in [1.29, 1.82) is 0 Å². The van der Waals surface area contributed by atoms with Gasteiger partial charge < -0.3 is 15.2 Å². The number of aryl methyl sites for hydroxylation is 1. The van der Waals surface area contributed by atoms with Crippen LogP contribution in [0.25, 0.3) is 11.2 Å². The summed E-state index contributed by atoms with van der Waals surface area (Å²) >= 11 is 0. The molecule has 0 spiro atoms. The predicted octanol–water partition coefficient (Wildman–Crippen LogP) is -0.822. The van der Waals surface area contributed by atoms with Crippen molar-refractivity contribution in [3.8, 4) is 0 Å². The Hall–Kier alpha value is -3.73. The molecule has 0 saturated carbocycles. The Labute approximate surface area is 163 Å². The number of benzene rings is 1. The van der Waals surface area contributed by atoms with Crippen molar-refractivity contribution in [2.45, 2.75) is 12.8 Å². The van der Waals surface area contributed by atoms with E-state index in [0.717, 1.165) is 25.6 Å². The van der Waals surface area contributed by atoms with Crippen molar-refractivity contribution in [2.75, 3.05) is 6.54 Å². The second kappa shape index (κ2) is 8.10. The minimum atomic E-state index is -1.63. The lowest BCUT2D eigenvalue weighted by atomic mass is 10.2. The van der Waals surface area contributed by atoms with Crippen molar-refractivity contribution in [3.05, 3.63) is 63.1 Å². The molecule has 0 fully saturated rings. The summed E-state index contributed by atoms with van der Waals surface area (Å²) in [6, 6.07) is 8.89. The largest absolute Gasteiger partial charge is 0.457 e. The van der Waals surface area contributed by atoms with Crippen LogP contribution in [0.1, 0.15) is 11.8 Å². The smallest absolute Gasteiger partial charge is 0.370 e. The maximum atomic E-state index is 12.7. The molecule has 0 radical (unpaired) electrons. The molecule has 0 aliphatic rings. The van der Waals surface area contributed by atoms with E-state index < -0.39 is 36.0 Å². The molecule has 11 heteroatoms. The normalized spacial score (nSPS) is 12.0. The molecule has 0 amide bonds. The van der Waals surface area contributed by atoms with Gasteiger partial charge in [-0.2, -0.15) is 0 Å². The van der Waals surface area contributed by atoms with E-state index in [1.54, 1.807) is 24.3 Å². The monoisotopic (exact) mass is 401 g/mol. The number of carbonyl (C=O) groups is 2. The maximum Gasteiger partial charge on any atom is 0.370 e. The molecule has 0 bridgehead atoms. The van der Waals surface area contributed by atoms with Crippen LogP contribution in [0, 0.1) is 0 Å². The second-order valence-electron chi connectivity index (χ2n) is 6.17. The highest BCUT2D eigenvalue weighted by Crippen LogP contribution is 2.18.